The first kappa shape index (κ1) is 15.2. The minimum absolute atomic E-state index is 0.621. The highest BCUT2D eigenvalue weighted by atomic mass is 16.5. The Kier molecular flexibility index (Phi) is 5.91. The minimum Gasteiger partial charge on any atom is -0.493 e. The predicted molar refractivity (Wildman–Crippen MR) is 83.2 cm³/mol. The number of rotatable bonds is 8. The molecule has 21 heavy (non-hydrogen) atoms. The van der Waals surface area contributed by atoms with Crippen molar-refractivity contribution in [1.82, 2.24) is 5.32 Å². The lowest BCUT2D eigenvalue weighted by Gasteiger charge is -2.13. The van der Waals surface area contributed by atoms with Gasteiger partial charge in [-0.25, -0.2) is 0 Å². The van der Waals surface area contributed by atoms with Crippen LogP contribution in [0.1, 0.15) is 5.56 Å². The maximum atomic E-state index is 5.63. The van der Waals surface area contributed by atoms with Crippen LogP contribution in [0.15, 0.2) is 48.5 Å². The average molecular weight is 287 g/mol. The molecule has 0 fully saturated rings. The molecule has 0 aliphatic carbocycles. The summed E-state index contributed by atoms with van der Waals surface area (Å²) in [5, 5.41) is 3.34. The molecule has 0 bridgehead atoms. The van der Waals surface area contributed by atoms with Crippen molar-refractivity contribution < 1.29 is 14.2 Å². The van der Waals surface area contributed by atoms with E-state index in [2.05, 4.69) is 5.32 Å². The summed E-state index contributed by atoms with van der Waals surface area (Å²) in [4.78, 5) is 0. The van der Waals surface area contributed by atoms with E-state index in [-0.39, 0.29) is 0 Å². The Morgan fingerprint density at radius 3 is 2.43 bits per heavy atom. The van der Waals surface area contributed by atoms with Gasteiger partial charge in [0.2, 0.25) is 0 Å². The van der Waals surface area contributed by atoms with Gasteiger partial charge in [-0.1, -0.05) is 30.3 Å². The van der Waals surface area contributed by atoms with Crippen molar-refractivity contribution in [3.8, 4) is 17.2 Å². The van der Waals surface area contributed by atoms with Crippen LogP contribution in [0.2, 0.25) is 0 Å². The Morgan fingerprint density at radius 2 is 1.71 bits per heavy atom. The quantitative estimate of drug-likeness (QED) is 0.758. The third-order valence-corrected chi connectivity index (χ3v) is 3.09. The molecule has 0 aliphatic heterocycles. The highest BCUT2D eigenvalue weighted by Crippen LogP contribution is 2.30. The largest absolute Gasteiger partial charge is 0.493 e. The van der Waals surface area contributed by atoms with Gasteiger partial charge in [-0.15, -0.1) is 0 Å². The summed E-state index contributed by atoms with van der Waals surface area (Å²) in [6, 6.07) is 15.7. The Labute approximate surface area is 125 Å². The fourth-order valence-electron chi connectivity index (χ4n) is 2.07. The molecule has 0 radical (unpaired) electrons. The van der Waals surface area contributed by atoms with Crippen LogP contribution in [-0.4, -0.2) is 27.4 Å². The van der Waals surface area contributed by atoms with Gasteiger partial charge in [-0.2, -0.15) is 0 Å². The molecular weight excluding hydrogens is 266 g/mol. The summed E-state index contributed by atoms with van der Waals surface area (Å²) in [7, 11) is 3.29. The summed E-state index contributed by atoms with van der Waals surface area (Å²) in [5.74, 6) is 2.41. The van der Waals surface area contributed by atoms with Crippen LogP contribution in [0.25, 0.3) is 0 Å². The van der Waals surface area contributed by atoms with E-state index in [0.29, 0.717) is 13.2 Å². The van der Waals surface area contributed by atoms with Crippen molar-refractivity contribution in [3.63, 3.8) is 0 Å². The van der Waals surface area contributed by atoms with E-state index in [0.717, 1.165) is 29.4 Å². The van der Waals surface area contributed by atoms with Gasteiger partial charge in [0.15, 0.2) is 11.5 Å². The van der Waals surface area contributed by atoms with Gasteiger partial charge in [0.1, 0.15) is 12.4 Å². The van der Waals surface area contributed by atoms with E-state index in [1.165, 1.54) is 0 Å². The molecule has 0 atom stereocenters. The molecule has 0 aromatic heterocycles. The van der Waals surface area contributed by atoms with Gasteiger partial charge in [0, 0.05) is 18.7 Å². The van der Waals surface area contributed by atoms with E-state index < -0.39 is 0 Å². The molecule has 112 valence electrons. The van der Waals surface area contributed by atoms with Gasteiger partial charge >= 0.3 is 0 Å². The monoisotopic (exact) mass is 287 g/mol. The minimum atomic E-state index is 0.621. The summed E-state index contributed by atoms with van der Waals surface area (Å²) in [5.41, 5.74) is 1.07. The molecule has 2 rings (SSSR count). The van der Waals surface area contributed by atoms with E-state index >= 15 is 0 Å². The Bertz CT molecular complexity index is 543. The lowest BCUT2D eigenvalue weighted by atomic mass is 10.2. The highest BCUT2D eigenvalue weighted by Gasteiger charge is 2.08. The molecule has 0 aliphatic rings. The van der Waals surface area contributed by atoms with Gasteiger partial charge < -0.3 is 19.5 Å². The van der Waals surface area contributed by atoms with Gasteiger partial charge in [-0.05, 0) is 18.2 Å². The first-order chi connectivity index (χ1) is 10.3. The van der Waals surface area contributed by atoms with Gasteiger partial charge in [-0.3, -0.25) is 0 Å². The zero-order valence-corrected chi connectivity index (χ0v) is 12.5. The van der Waals surface area contributed by atoms with Crippen molar-refractivity contribution in [2.75, 3.05) is 27.4 Å². The molecule has 0 saturated heterocycles. The summed E-state index contributed by atoms with van der Waals surface area (Å²) in [6.45, 7) is 2.09. The summed E-state index contributed by atoms with van der Waals surface area (Å²) in [6.07, 6.45) is 0. The smallest absolute Gasteiger partial charge is 0.165 e. The van der Waals surface area contributed by atoms with Crippen molar-refractivity contribution in [1.29, 1.82) is 0 Å². The molecule has 0 amide bonds. The number of methoxy groups -OCH3 is 2. The maximum Gasteiger partial charge on any atom is 0.165 e. The third-order valence-electron chi connectivity index (χ3n) is 3.09. The van der Waals surface area contributed by atoms with Crippen molar-refractivity contribution in [2.24, 2.45) is 0 Å². The van der Waals surface area contributed by atoms with Crippen LogP contribution in [-0.2, 0) is 6.54 Å². The zero-order chi connectivity index (χ0) is 14.9. The normalized spacial score (nSPS) is 10.2. The van der Waals surface area contributed by atoms with E-state index in [4.69, 9.17) is 14.2 Å². The SMILES string of the molecule is COc1cccc(CNCCOc2ccccc2)c1OC. The highest BCUT2D eigenvalue weighted by molar-refractivity contribution is 5.46. The fourth-order valence-corrected chi connectivity index (χ4v) is 2.07. The van der Waals surface area contributed by atoms with Crippen molar-refractivity contribution in [3.05, 3.63) is 54.1 Å². The Morgan fingerprint density at radius 1 is 0.905 bits per heavy atom. The molecule has 0 saturated carbocycles. The van der Waals surface area contributed by atoms with Crippen LogP contribution in [0, 0.1) is 0 Å². The molecule has 0 spiro atoms. The van der Waals surface area contributed by atoms with E-state index in [9.17, 15) is 0 Å². The lowest BCUT2D eigenvalue weighted by Crippen LogP contribution is -2.21. The van der Waals surface area contributed by atoms with Crippen LogP contribution in [0.3, 0.4) is 0 Å². The number of nitrogens with one attached hydrogen (secondary N) is 1. The second-order valence-corrected chi connectivity index (χ2v) is 4.49. The van der Waals surface area contributed by atoms with E-state index in [1.54, 1.807) is 14.2 Å². The Balaban J connectivity index is 1.78. The summed E-state index contributed by atoms with van der Waals surface area (Å²) < 4.78 is 16.3. The first-order valence-electron chi connectivity index (χ1n) is 6.93. The molecule has 0 heterocycles. The molecule has 4 nitrogen and oxygen atoms in total. The number of hydrogen-bond acceptors (Lipinski definition) is 4. The van der Waals surface area contributed by atoms with Crippen LogP contribution in [0.4, 0.5) is 0 Å². The first-order valence-corrected chi connectivity index (χ1v) is 6.93. The molecule has 2 aromatic rings. The second kappa shape index (κ2) is 8.17. The zero-order valence-electron chi connectivity index (χ0n) is 12.5. The van der Waals surface area contributed by atoms with Crippen molar-refractivity contribution in [2.45, 2.75) is 6.54 Å². The molecule has 2 aromatic carbocycles. The van der Waals surface area contributed by atoms with Gasteiger partial charge in [0.25, 0.3) is 0 Å². The number of hydrogen-bond donors (Lipinski definition) is 1. The maximum absolute atomic E-state index is 5.63. The number of para-hydroxylation sites is 2. The van der Waals surface area contributed by atoms with Crippen LogP contribution in [0.5, 0.6) is 17.2 Å². The fraction of sp³-hybridized carbons (Fsp3) is 0.294. The molecular formula is C17H21NO3. The van der Waals surface area contributed by atoms with Crippen molar-refractivity contribution >= 4 is 0 Å². The standard InChI is InChI=1S/C17H21NO3/c1-19-16-10-6-7-14(17(16)20-2)13-18-11-12-21-15-8-4-3-5-9-15/h3-10,18H,11-13H2,1-2H3. The molecule has 0 unspecified atom stereocenters. The average Bonchev–Trinajstić information content (AvgIpc) is 2.55. The number of benzene rings is 2. The topological polar surface area (TPSA) is 39.7 Å². The molecule has 1 N–H and O–H groups in total. The van der Waals surface area contributed by atoms with E-state index in [1.807, 2.05) is 48.5 Å². The van der Waals surface area contributed by atoms with Crippen LogP contribution < -0.4 is 19.5 Å². The molecule has 4 heteroatoms. The summed E-state index contributed by atoms with van der Waals surface area (Å²) >= 11 is 0. The second-order valence-electron chi connectivity index (χ2n) is 4.49. The van der Waals surface area contributed by atoms with Crippen LogP contribution >= 0.6 is 0 Å². The third kappa shape index (κ3) is 4.39. The predicted octanol–water partition coefficient (Wildman–Crippen LogP) is 2.87. The lowest BCUT2D eigenvalue weighted by molar-refractivity contribution is 0.312. The number of ether oxygens (including phenoxy) is 3. The van der Waals surface area contributed by atoms with Gasteiger partial charge in [0.05, 0.1) is 14.2 Å². The Hall–Kier alpha value is -2.20.